The van der Waals surface area contributed by atoms with Crippen LogP contribution in [0.3, 0.4) is 0 Å². The molecular formula is C16H22N4S. The molecule has 0 unspecified atom stereocenters. The summed E-state index contributed by atoms with van der Waals surface area (Å²) >= 11 is 1.66. The standard InChI is InChI=1S/C16H22N4S/c1-11(2)18-19-16-17-14-8-7-13(10-15(14)21-16)20-9-5-4-6-12(20)3/h7-8,10,12H,4-6,9H2,1-3H3,(H,17,19)/t12-/m1/s1. The molecule has 1 aliphatic rings. The molecule has 0 aliphatic carbocycles. The summed E-state index contributed by atoms with van der Waals surface area (Å²) in [5, 5.41) is 5.08. The third-order valence-corrected chi connectivity index (χ3v) is 4.80. The van der Waals surface area contributed by atoms with E-state index < -0.39 is 0 Å². The third kappa shape index (κ3) is 3.18. The van der Waals surface area contributed by atoms with Crippen LogP contribution in [0.15, 0.2) is 23.3 Å². The van der Waals surface area contributed by atoms with Crippen LogP contribution in [0.4, 0.5) is 10.8 Å². The van der Waals surface area contributed by atoms with Gasteiger partial charge in [0, 0.05) is 24.0 Å². The molecule has 5 heteroatoms. The lowest BCUT2D eigenvalue weighted by Crippen LogP contribution is -2.37. The number of nitrogens with zero attached hydrogens (tertiary/aromatic N) is 3. The minimum Gasteiger partial charge on any atom is -0.369 e. The van der Waals surface area contributed by atoms with Gasteiger partial charge in [0.25, 0.3) is 0 Å². The Kier molecular flexibility index (Phi) is 4.10. The van der Waals surface area contributed by atoms with Crippen LogP contribution in [0, 0.1) is 0 Å². The monoisotopic (exact) mass is 302 g/mol. The van der Waals surface area contributed by atoms with Crippen molar-refractivity contribution in [1.82, 2.24) is 4.98 Å². The zero-order valence-corrected chi connectivity index (χ0v) is 13.7. The summed E-state index contributed by atoms with van der Waals surface area (Å²) in [6, 6.07) is 7.22. The van der Waals surface area contributed by atoms with Crippen molar-refractivity contribution in [2.24, 2.45) is 5.10 Å². The van der Waals surface area contributed by atoms with Crippen molar-refractivity contribution in [2.75, 3.05) is 16.9 Å². The molecule has 4 nitrogen and oxygen atoms in total. The smallest absolute Gasteiger partial charge is 0.204 e. The molecule has 1 aromatic heterocycles. The van der Waals surface area contributed by atoms with Gasteiger partial charge in [-0.1, -0.05) is 11.3 Å². The molecule has 1 aliphatic heterocycles. The van der Waals surface area contributed by atoms with Gasteiger partial charge >= 0.3 is 0 Å². The maximum Gasteiger partial charge on any atom is 0.204 e. The van der Waals surface area contributed by atoms with Gasteiger partial charge in [-0.15, -0.1) is 0 Å². The molecule has 2 heterocycles. The molecule has 1 atom stereocenters. The number of rotatable bonds is 3. The summed E-state index contributed by atoms with van der Waals surface area (Å²) in [5.74, 6) is 0. The van der Waals surface area contributed by atoms with Crippen LogP contribution in [0.25, 0.3) is 10.2 Å². The van der Waals surface area contributed by atoms with Crippen molar-refractivity contribution in [3.8, 4) is 0 Å². The first-order valence-electron chi connectivity index (χ1n) is 7.57. The maximum atomic E-state index is 4.57. The minimum atomic E-state index is 0.633. The topological polar surface area (TPSA) is 40.5 Å². The first kappa shape index (κ1) is 14.3. The van der Waals surface area contributed by atoms with E-state index in [9.17, 15) is 0 Å². The molecule has 21 heavy (non-hydrogen) atoms. The van der Waals surface area contributed by atoms with Crippen LogP contribution in [-0.2, 0) is 0 Å². The molecule has 1 fully saturated rings. The van der Waals surface area contributed by atoms with Crippen molar-refractivity contribution < 1.29 is 0 Å². The van der Waals surface area contributed by atoms with Crippen molar-refractivity contribution >= 4 is 38.1 Å². The van der Waals surface area contributed by atoms with Gasteiger partial charge in [0.2, 0.25) is 5.13 Å². The maximum absolute atomic E-state index is 4.57. The lowest BCUT2D eigenvalue weighted by atomic mass is 10.0. The second-order valence-electron chi connectivity index (χ2n) is 5.88. The van der Waals surface area contributed by atoms with E-state index in [0.717, 1.165) is 22.9 Å². The Balaban J connectivity index is 1.87. The molecule has 0 spiro atoms. The Labute approximate surface area is 129 Å². The van der Waals surface area contributed by atoms with E-state index in [2.05, 4.69) is 45.5 Å². The average molecular weight is 302 g/mol. The Bertz CT molecular complexity index is 657. The van der Waals surface area contributed by atoms with Gasteiger partial charge in [-0.25, -0.2) is 4.98 Å². The van der Waals surface area contributed by atoms with E-state index in [1.807, 2.05) is 13.8 Å². The van der Waals surface area contributed by atoms with Crippen molar-refractivity contribution in [3.05, 3.63) is 18.2 Å². The fourth-order valence-electron chi connectivity index (χ4n) is 2.78. The van der Waals surface area contributed by atoms with Crippen molar-refractivity contribution in [1.29, 1.82) is 0 Å². The zero-order chi connectivity index (χ0) is 14.8. The molecule has 1 aromatic carbocycles. The third-order valence-electron chi connectivity index (χ3n) is 3.88. The van der Waals surface area contributed by atoms with Gasteiger partial charge in [-0.3, -0.25) is 5.43 Å². The number of thiazole rings is 1. The summed E-state index contributed by atoms with van der Waals surface area (Å²) < 4.78 is 1.22. The predicted octanol–water partition coefficient (Wildman–Crippen LogP) is 4.48. The number of hydrogen-bond acceptors (Lipinski definition) is 5. The SMILES string of the molecule is CC(C)=NNc1nc2ccc(N3CCCC[C@H]3C)cc2s1. The summed E-state index contributed by atoms with van der Waals surface area (Å²) in [7, 11) is 0. The van der Waals surface area contributed by atoms with Crippen molar-refractivity contribution in [3.63, 3.8) is 0 Å². The van der Waals surface area contributed by atoms with Gasteiger partial charge in [0.05, 0.1) is 10.2 Å². The quantitative estimate of drug-likeness (QED) is 0.671. The highest BCUT2D eigenvalue weighted by atomic mass is 32.1. The number of benzene rings is 1. The number of piperidine rings is 1. The van der Waals surface area contributed by atoms with Crippen LogP contribution in [0.2, 0.25) is 0 Å². The highest BCUT2D eigenvalue weighted by molar-refractivity contribution is 7.22. The van der Waals surface area contributed by atoms with Crippen LogP contribution < -0.4 is 10.3 Å². The van der Waals surface area contributed by atoms with E-state index in [1.54, 1.807) is 11.3 Å². The number of fused-ring (bicyclic) bond motifs is 1. The highest BCUT2D eigenvalue weighted by Crippen LogP contribution is 2.32. The lowest BCUT2D eigenvalue weighted by molar-refractivity contribution is 0.485. The fraction of sp³-hybridized carbons (Fsp3) is 0.500. The predicted molar refractivity (Wildman–Crippen MR) is 92.7 cm³/mol. The Hall–Kier alpha value is -1.62. The van der Waals surface area contributed by atoms with Crippen molar-refractivity contribution in [2.45, 2.75) is 46.1 Å². The number of nitrogens with one attached hydrogen (secondary N) is 1. The molecule has 0 amide bonds. The summed E-state index contributed by atoms with van der Waals surface area (Å²) in [4.78, 5) is 7.09. The van der Waals surface area contributed by atoms with Crippen LogP contribution >= 0.6 is 11.3 Å². The van der Waals surface area contributed by atoms with Crippen LogP contribution in [-0.4, -0.2) is 23.3 Å². The zero-order valence-electron chi connectivity index (χ0n) is 12.9. The van der Waals surface area contributed by atoms with E-state index in [0.29, 0.717) is 6.04 Å². The minimum absolute atomic E-state index is 0.633. The largest absolute Gasteiger partial charge is 0.369 e. The second kappa shape index (κ2) is 6.02. The number of hydrogen-bond donors (Lipinski definition) is 1. The summed E-state index contributed by atoms with van der Waals surface area (Å²) in [6.07, 6.45) is 3.93. The normalized spacial score (nSPS) is 18.8. The van der Waals surface area contributed by atoms with E-state index in [-0.39, 0.29) is 0 Å². The van der Waals surface area contributed by atoms with E-state index in [1.165, 1.54) is 29.6 Å². The molecule has 0 bridgehead atoms. The highest BCUT2D eigenvalue weighted by Gasteiger charge is 2.19. The number of aromatic nitrogens is 1. The molecule has 2 aromatic rings. The first-order valence-corrected chi connectivity index (χ1v) is 8.39. The molecule has 0 saturated carbocycles. The van der Waals surface area contributed by atoms with Gasteiger partial charge in [0.15, 0.2) is 0 Å². The fourth-order valence-corrected chi connectivity index (χ4v) is 3.62. The van der Waals surface area contributed by atoms with E-state index in [4.69, 9.17) is 0 Å². The van der Waals surface area contributed by atoms with Gasteiger partial charge in [0.1, 0.15) is 0 Å². The summed E-state index contributed by atoms with van der Waals surface area (Å²) in [5.41, 5.74) is 6.38. The average Bonchev–Trinajstić information content (AvgIpc) is 2.87. The van der Waals surface area contributed by atoms with Gasteiger partial charge in [-0.05, 0) is 58.2 Å². The number of hydrazone groups is 1. The first-order chi connectivity index (χ1) is 10.1. The Morgan fingerprint density at radius 3 is 3.00 bits per heavy atom. The van der Waals surface area contributed by atoms with Gasteiger partial charge < -0.3 is 4.90 Å². The number of anilines is 2. The molecule has 0 radical (unpaired) electrons. The Morgan fingerprint density at radius 1 is 1.38 bits per heavy atom. The molecule has 3 rings (SSSR count). The van der Waals surface area contributed by atoms with Crippen LogP contribution in [0.5, 0.6) is 0 Å². The Morgan fingerprint density at radius 2 is 2.24 bits per heavy atom. The van der Waals surface area contributed by atoms with Gasteiger partial charge in [-0.2, -0.15) is 5.10 Å². The molecular weight excluding hydrogens is 280 g/mol. The van der Waals surface area contributed by atoms with E-state index >= 15 is 0 Å². The van der Waals surface area contributed by atoms with Crippen LogP contribution in [0.1, 0.15) is 40.0 Å². The summed E-state index contributed by atoms with van der Waals surface area (Å²) in [6.45, 7) is 7.42. The molecule has 1 saturated heterocycles. The lowest BCUT2D eigenvalue weighted by Gasteiger charge is -2.35. The molecule has 1 N–H and O–H groups in total. The molecule has 112 valence electrons. The second-order valence-corrected chi connectivity index (χ2v) is 6.91.